The van der Waals surface area contributed by atoms with Crippen LogP contribution in [0.1, 0.15) is 60.9 Å². The van der Waals surface area contributed by atoms with Gasteiger partial charge in [-0.05, 0) is 83.4 Å². The SMILES string of the molecule is CC(C)(COC(=O)/C=C/c1c[nH]c2ccccc12)[C@@H](OC(=O)/C=C/C1=CCc2ccccc21)C(=O)CCCCOC(=O)/C=C/C1=CCc2ccccc21. The molecule has 3 aromatic carbocycles. The van der Waals surface area contributed by atoms with Crippen molar-refractivity contribution in [1.29, 1.82) is 0 Å². The van der Waals surface area contributed by atoms with E-state index >= 15 is 0 Å². The van der Waals surface area contributed by atoms with E-state index in [1.165, 1.54) is 29.4 Å². The van der Waals surface area contributed by atoms with E-state index in [0.717, 1.165) is 51.6 Å². The summed E-state index contributed by atoms with van der Waals surface area (Å²) in [5.74, 6) is -2.03. The van der Waals surface area contributed by atoms with Crippen molar-refractivity contribution in [1.82, 2.24) is 4.98 Å². The first-order valence-corrected chi connectivity index (χ1v) is 17.9. The number of carbonyl (C=O) groups excluding carboxylic acids is 4. The highest BCUT2D eigenvalue weighted by Gasteiger charge is 2.39. The van der Waals surface area contributed by atoms with E-state index in [2.05, 4.69) is 17.1 Å². The maximum atomic E-state index is 13.7. The second-order valence-corrected chi connectivity index (χ2v) is 13.8. The molecule has 0 bridgehead atoms. The van der Waals surface area contributed by atoms with Crippen LogP contribution >= 0.6 is 0 Å². The molecule has 2 aliphatic carbocycles. The van der Waals surface area contributed by atoms with E-state index in [9.17, 15) is 19.2 Å². The van der Waals surface area contributed by atoms with Crippen LogP contribution in [0, 0.1) is 5.41 Å². The Morgan fingerprint density at radius 2 is 1.30 bits per heavy atom. The zero-order valence-corrected chi connectivity index (χ0v) is 30.0. The summed E-state index contributed by atoms with van der Waals surface area (Å²) in [6, 6.07) is 23.8. The molecule has 4 aromatic rings. The Labute approximate surface area is 309 Å². The van der Waals surface area contributed by atoms with E-state index in [-0.39, 0.29) is 25.4 Å². The third-order valence-electron chi connectivity index (χ3n) is 9.44. The van der Waals surface area contributed by atoms with Crippen molar-refractivity contribution < 1.29 is 33.4 Å². The van der Waals surface area contributed by atoms with E-state index in [4.69, 9.17) is 14.2 Å². The lowest BCUT2D eigenvalue weighted by atomic mass is 9.83. The number of fused-ring (bicyclic) bond motifs is 3. The average molecular weight is 710 g/mol. The predicted molar refractivity (Wildman–Crippen MR) is 206 cm³/mol. The number of benzene rings is 3. The Bertz CT molecular complexity index is 2160. The van der Waals surface area contributed by atoms with Gasteiger partial charge < -0.3 is 19.2 Å². The second kappa shape index (κ2) is 17.0. The third kappa shape index (κ3) is 9.46. The molecule has 8 nitrogen and oxygen atoms in total. The molecule has 270 valence electrons. The molecular formula is C45H43NO7. The minimum Gasteiger partial charge on any atom is -0.463 e. The van der Waals surface area contributed by atoms with Crippen LogP contribution < -0.4 is 0 Å². The number of esters is 3. The Morgan fingerprint density at radius 1 is 0.717 bits per heavy atom. The fourth-order valence-corrected chi connectivity index (χ4v) is 6.59. The molecule has 0 unspecified atom stereocenters. The van der Waals surface area contributed by atoms with Crippen molar-refractivity contribution in [2.75, 3.05) is 13.2 Å². The Morgan fingerprint density at radius 3 is 2.00 bits per heavy atom. The number of ketones is 1. The summed E-state index contributed by atoms with van der Waals surface area (Å²) in [6.45, 7) is 3.43. The van der Waals surface area contributed by atoms with Crippen LogP contribution in [-0.4, -0.2) is 48.0 Å². The van der Waals surface area contributed by atoms with Gasteiger partial charge >= 0.3 is 17.9 Å². The molecule has 0 fully saturated rings. The Balaban J connectivity index is 1.03. The molecule has 0 radical (unpaired) electrons. The number of ether oxygens (including phenoxy) is 3. The number of nitrogens with one attached hydrogen (secondary N) is 1. The molecule has 53 heavy (non-hydrogen) atoms. The molecule has 8 heteroatoms. The van der Waals surface area contributed by atoms with Crippen LogP contribution in [0.4, 0.5) is 0 Å². The van der Waals surface area contributed by atoms with Crippen molar-refractivity contribution >= 4 is 51.8 Å². The molecule has 0 amide bonds. The van der Waals surface area contributed by atoms with E-state index in [0.29, 0.717) is 12.8 Å². The molecule has 0 spiro atoms. The summed E-state index contributed by atoms with van der Waals surface area (Å²) < 4.78 is 16.8. The summed E-state index contributed by atoms with van der Waals surface area (Å²) in [7, 11) is 0. The van der Waals surface area contributed by atoms with Gasteiger partial charge in [-0.2, -0.15) is 0 Å². The fraction of sp³-hybridized carbons (Fsp3) is 0.244. The van der Waals surface area contributed by atoms with Gasteiger partial charge in [-0.1, -0.05) is 92.7 Å². The number of H-pyrrole nitrogens is 1. The largest absolute Gasteiger partial charge is 0.463 e. The number of carbonyl (C=O) groups is 4. The number of rotatable bonds is 16. The van der Waals surface area contributed by atoms with Crippen LogP contribution in [0.25, 0.3) is 28.1 Å². The molecule has 1 heterocycles. The van der Waals surface area contributed by atoms with Gasteiger partial charge in [0.05, 0.1) is 6.61 Å². The van der Waals surface area contributed by atoms with Crippen molar-refractivity contribution in [2.45, 2.75) is 52.1 Å². The number of aromatic nitrogens is 1. The summed E-state index contributed by atoms with van der Waals surface area (Å²) >= 11 is 0. The first-order valence-electron chi connectivity index (χ1n) is 17.9. The third-order valence-corrected chi connectivity index (χ3v) is 9.44. The smallest absolute Gasteiger partial charge is 0.331 e. The van der Waals surface area contributed by atoms with Gasteiger partial charge in [-0.3, -0.25) is 4.79 Å². The molecule has 1 atom stereocenters. The second-order valence-electron chi connectivity index (χ2n) is 13.8. The predicted octanol–water partition coefficient (Wildman–Crippen LogP) is 8.34. The number of unbranched alkanes of at least 4 members (excludes halogenated alkanes) is 1. The number of hydrogen-bond donors (Lipinski definition) is 1. The topological polar surface area (TPSA) is 112 Å². The van der Waals surface area contributed by atoms with Crippen LogP contribution in [0.5, 0.6) is 0 Å². The van der Waals surface area contributed by atoms with Crippen molar-refractivity contribution in [3.8, 4) is 0 Å². The summed E-state index contributed by atoms with van der Waals surface area (Å²) in [6.07, 6.45) is 16.5. The molecule has 1 aromatic heterocycles. The lowest BCUT2D eigenvalue weighted by Gasteiger charge is -2.32. The monoisotopic (exact) mass is 709 g/mol. The van der Waals surface area contributed by atoms with Gasteiger partial charge in [0.15, 0.2) is 11.9 Å². The van der Waals surface area contributed by atoms with E-state index < -0.39 is 29.4 Å². The first-order chi connectivity index (χ1) is 25.7. The van der Waals surface area contributed by atoms with Crippen LogP contribution in [0.3, 0.4) is 0 Å². The maximum absolute atomic E-state index is 13.7. The van der Waals surface area contributed by atoms with Crippen molar-refractivity contribution in [3.63, 3.8) is 0 Å². The molecule has 6 rings (SSSR count). The number of aromatic amines is 1. The number of hydrogen-bond acceptors (Lipinski definition) is 7. The quantitative estimate of drug-likeness (QED) is 0.0539. The van der Waals surface area contributed by atoms with Crippen LogP contribution in [0.2, 0.25) is 0 Å². The first kappa shape index (κ1) is 36.8. The highest BCUT2D eigenvalue weighted by Crippen LogP contribution is 2.30. The van der Waals surface area contributed by atoms with Gasteiger partial charge in [-0.25, -0.2) is 14.4 Å². The highest BCUT2D eigenvalue weighted by atomic mass is 16.6. The zero-order chi connectivity index (χ0) is 37.2. The van der Waals surface area contributed by atoms with Crippen LogP contribution in [-0.2, 0) is 46.2 Å². The van der Waals surface area contributed by atoms with E-state index in [1.807, 2.05) is 79.0 Å². The fourth-order valence-electron chi connectivity index (χ4n) is 6.59. The van der Waals surface area contributed by atoms with Crippen molar-refractivity contribution in [2.24, 2.45) is 5.41 Å². The zero-order valence-electron chi connectivity index (χ0n) is 30.0. The van der Waals surface area contributed by atoms with E-state index in [1.54, 1.807) is 32.1 Å². The minimum absolute atomic E-state index is 0.0785. The molecule has 2 aliphatic rings. The standard InChI is InChI=1S/C45H43NO7/c1-45(2,30-52-42(49)26-24-35-29-46-39-16-8-7-15-38(35)39)44(53-43(50)27-23-34-21-19-32-12-4-6-14-37(32)34)40(47)17-9-10-28-51-41(48)25-22-33-20-18-31-11-3-5-13-36(31)33/h3-8,11-16,20-27,29,44,46H,9-10,17-19,28,30H2,1-2H3/b25-22+,26-24+,27-23+/t44-/m0/s1. The number of para-hydroxylation sites is 1. The molecule has 1 N–H and O–H groups in total. The molecular weight excluding hydrogens is 666 g/mol. The Kier molecular flexibility index (Phi) is 11.8. The van der Waals surface area contributed by atoms with Gasteiger partial charge in [0.2, 0.25) is 0 Å². The molecule has 0 saturated heterocycles. The number of Topliss-reactive ketones (excluding diaryl/α,β-unsaturated/α-hetero) is 1. The average Bonchev–Trinajstić information content (AvgIpc) is 3.90. The summed E-state index contributed by atoms with van der Waals surface area (Å²) in [5, 5.41) is 0.971. The van der Waals surface area contributed by atoms with Gasteiger partial charge in [0.1, 0.15) is 6.61 Å². The lowest BCUT2D eigenvalue weighted by Crippen LogP contribution is -2.43. The minimum atomic E-state index is -1.19. The van der Waals surface area contributed by atoms with Crippen LogP contribution in [0.15, 0.2) is 122 Å². The summed E-state index contributed by atoms with van der Waals surface area (Å²) in [5.41, 5.74) is 7.20. The Hall–Kier alpha value is -6.02. The normalized spacial score (nSPS) is 14.3. The highest BCUT2D eigenvalue weighted by molar-refractivity contribution is 5.95. The molecule has 0 aliphatic heterocycles. The maximum Gasteiger partial charge on any atom is 0.331 e. The lowest BCUT2D eigenvalue weighted by molar-refractivity contribution is -0.163. The van der Waals surface area contributed by atoms with Gasteiger partial charge in [0, 0.05) is 52.7 Å². The van der Waals surface area contributed by atoms with Gasteiger partial charge in [-0.15, -0.1) is 0 Å². The van der Waals surface area contributed by atoms with Crippen molar-refractivity contribution in [3.05, 3.63) is 149 Å². The molecule has 0 saturated carbocycles. The van der Waals surface area contributed by atoms with Gasteiger partial charge in [0.25, 0.3) is 0 Å². The number of allylic oxidation sites excluding steroid dienone is 6. The summed E-state index contributed by atoms with van der Waals surface area (Å²) in [4.78, 5) is 55.1.